The van der Waals surface area contributed by atoms with Gasteiger partial charge in [0, 0.05) is 29.4 Å². The van der Waals surface area contributed by atoms with Crippen LogP contribution in [0.15, 0.2) is 30.5 Å². The van der Waals surface area contributed by atoms with Gasteiger partial charge < -0.3 is 9.72 Å². The first-order chi connectivity index (χ1) is 10.2. The Morgan fingerprint density at radius 3 is 3.00 bits per heavy atom. The second-order valence-corrected chi connectivity index (χ2v) is 5.53. The Morgan fingerprint density at radius 2 is 2.19 bits per heavy atom. The van der Waals surface area contributed by atoms with E-state index in [9.17, 15) is 9.59 Å². The first-order valence-electron chi connectivity index (χ1n) is 7.46. The van der Waals surface area contributed by atoms with E-state index in [1.54, 1.807) is 0 Å². The molecule has 1 aromatic heterocycles. The van der Waals surface area contributed by atoms with Crippen molar-refractivity contribution in [2.45, 2.75) is 32.1 Å². The number of aromatic nitrogens is 1. The van der Waals surface area contributed by atoms with E-state index in [1.165, 1.54) is 0 Å². The highest BCUT2D eigenvalue weighted by atomic mass is 16.5. The molecule has 1 aliphatic carbocycles. The Labute approximate surface area is 123 Å². The van der Waals surface area contributed by atoms with E-state index in [2.05, 4.69) is 4.98 Å². The molecule has 2 atom stereocenters. The molecule has 1 fully saturated rings. The maximum atomic E-state index is 12.3. The lowest BCUT2D eigenvalue weighted by molar-refractivity contribution is -0.149. The molecule has 2 aromatic rings. The Hall–Kier alpha value is -2.10. The number of rotatable bonds is 3. The Kier molecular flexibility index (Phi) is 3.78. The number of para-hydroxylation sites is 1. The summed E-state index contributed by atoms with van der Waals surface area (Å²) in [5, 5.41) is 1.07. The van der Waals surface area contributed by atoms with Gasteiger partial charge in [-0.2, -0.15) is 0 Å². The number of H-pyrrole nitrogens is 1. The van der Waals surface area contributed by atoms with E-state index >= 15 is 0 Å². The van der Waals surface area contributed by atoms with Crippen LogP contribution < -0.4 is 0 Å². The summed E-state index contributed by atoms with van der Waals surface area (Å²) in [6.45, 7) is 2.20. The van der Waals surface area contributed by atoms with E-state index in [0.29, 0.717) is 25.9 Å². The number of esters is 1. The molecule has 21 heavy (non-hydrogen) atoms. The van der Waals surface area contributed by atoms with Crippen LogP contribution in [0.25, 0.3) is 10.9 Å². The van der Waals surface area contributed by atoms with Crippen molar-refractivity contribution in [2.24, 2.45) is 5.92 Å². The number of carbonyl (C=O) groups excluding carboxylic acids is 2. The average molecular weight is 285 g/mol. The van der Waals surface area contributed by atoms with Crippen LogP contribution in [0.4, 0.5) is 0 Å². The molecule has 0 radical (unpaired) electrons. The normalized spacial score (nSPS) is 22.4. The van der Waals surface area contributed by atoms with Gasteiger partial charge in [-0.25, -0.2) is 0 Å². The van der Waals surface area contributed by atoms with Crippen molar-refractivity contribution < 1.29 is 14.3 Å². The fourth-order valence-electron chi connectivity index (χ4n) is 3.18. The number of benzene rings is 1. The van der Waals surface area contributed by atoms with E-state index in [4.69, 9.17) is 4.74 Å². The minimum Gasteiger partial charge on any atom is -0.466 e. The first-order valence-corrected chi connectivity index (χ1v) is 7.46. The molecule has 1 aromatic carbocycles. The maximum absolute atomic E-state index is 12.3. The lowest BCUT2D eigenvalue weighted by Crippen LogP contribution is -2.29. The van der Waals surface area contributed by atoms with Crippen LogP contribution in [0.1, 0.15) is 37.7 Å². The average Bonchev–Trinajstić information content (AvgIpc) is 2.92. The van der Waals surface area contributed by atoms with E-state index < -0.39 is 0 Å². The number of hydrogen-bond donors (Lipinski definition) is 1. The van der Waals surface area contributed by atoms with Crippen LogP contribution >= 0.6 is 0 Å². The predicted molar refractivity (Wildman–Crippen MR) is 80.0 cm³/mol. The topological polar surface area (TPSA) is 59.2 Å². The SMILES string of the molecule is CCOC(=O)C1CCC(=O)C(c2c[nH]c3ccccc23)C1. The molecule has 2 unspecified atom stereocenters. The van der Waals surface area contributed by atoms with Gasteiger partial charge in [0.25, 0.3) is 0 Å². The second-order valence-electron chi connectivity index (χ2n) is 5.53. The molecular formula is C17H19NO3. The maximum Gasteiger partial charge on any atom is 0.308 e. The lowest BCUT2D eigenvalue weighted by atomic mass is 9.77. The molecule has 4 nitrogen and oxygen atoms in total. The number of carbonyl (C=O) groups is 2. The van der Waals surface area contributed by atoms with E-state index in [0.717, 1.165) is 16.5 Å². The van der Waals surface area contributed by atoms with Crippen molar-refractivity contribution in [3.63, 3.8) is 0 Å². The molecule has 3 rings (SSSR count). The summed E-state index contributed by atoms with van der Waals surface area (Å²) in [7, 11) is 0. The molecular weight excluding hydrogens is 266 g/mol. The number of Topliss-reactive ketones (excluding diaryl/α,β-unsaturated/α-hetero) is 1. The zero-order valence-corrected chi connectivity index (χ0v) is 12.1. The van der Waals surface area contributed by atoms with Gasteiger partial charge in [-0.15, -0.1) is 0 Å². The third-order valence-electron chi connectivity index (χ3n) is 4.26. The smallest absolute Gasteiger partial charge is 0.308 e. The Morgan fingerprint density at radius 1 is 1.38 bits per heavy atom. The predicted octanol–water partition coefficient (Wildman–Crippen LogP) is 3.18. The molecule has 1 heterocycles. The fraction of sp³-hybridized carbons (Fsp3) is 0.412. The van der Waals surface area contributed by atoms with Crippen molar-refractivity contribution in [1.82, 2.24) is 4.98 Å². The number of ether oxygens (including phenoxy) is 1. The summed E-state index contributed by atoms with van der Waals surface area (Å²) in [5.41, 5.74) is 2.03. The molecule has 1 saturated carbocycles. The first kappa shape index (κ1) is 13.9. The molecule has 0 aliphatic heterocycles. The number of hydrogen-bond acceptors (Lipinski definition) is 3. The molecule has 4 heteroatoms. The molecule has 0 spiro atoms. The minimum atomic E-state index is -0.204. The minimum absolute atomic E-state index is 0.165. The third-order valence-corrected chi connectivity index (χ3v) is 4.26. The van der Waals surface area contributed by atoms with E-state index in [1.807, 2.05) is 37.4 Å². The largest absolute Gasteiger partial charge is 0.466 e. The lowest BCUT2D eigenvalue weighted by Gasteiger charge is -2.26. The second kappa shape index (κ2) is 5.72. The monoisotopic (exact) mass is 285 g/mol. The number of fused-ring (bicyclic) bond motifs is 1. The Balaban J connectivity index is 1.89. The summed E-state index contributed by atoms with van der Waals surface area (Å²) in [6.07, 6.45) is 3.52. The van der Waals surface area contributed by atoms with E-state index in [-0.39, 0.29) is 23.6 Å². The van der Waals surface area contributed by atoms with Gasteiger partial charge in [-0.3, -0.25) is 9.59 Å². The summed E-state index contributed by atoms with van der Waals surface area (Å²) in [6, 6.07) is 7.94. The number of aromatic amines is 1. The zero-order valence-electron chi connectivity index (χ0n) is 12.1. The summed E-state index contributed by atoms with van der Waals surface area (Å²) in [4.78, 5) is 27.4. The fourth-order valence-corrected chi connectivity index (χ4v) is 3.18. The van der Waals surface area contributed by atoms with Gasteiger partial charge in [-0.05, 0) is 31.4 Å². The highest BCUT2D eigenvalue weighted by Crippen LogP contribution is 2.37. The summed E-state index contributed by atoms with van der Waals surface area (Å²) < 4.78 is 5.11. The van der Waals surface area contributed by atoms with Crippen molar-refractivity contribution in [2.75, 3.05) is 6.61 Å². The van der Waals surface area contributed by atoms with Gasteiger partial charge in [0.2, 0.25) is 0 Å². The molecule has 0 saturated heterocycles. The molecule has 0 bridgehead atoms. The van der Waals surface area contributed by atoms with Crippen molar-refractivity contribution in [1.29, 1.82) is 0 Å². The molecule has 1 aliphatic rings. The van der Waals surface area contributed by atoms with Crippen LogP contribution in [0.2, 0.25) is 0 Å². The van der Waals surface area contributed by atoms with Gasteiger partial charge in [0.05, 0.1) is 12.5 Å². The van der Waals surface area contributed by atoms with Crippen molar-refractivity contribution in [3.8, 4) is 0 Å². The zero-order chi connectivity index (χ0) is 14.8. The van der Waals surface area contributed by atoms with Crippen LogP contribution in [0.5, 0.6) is 0 Å². The Bertz CT molecular complexity index is 673. The van der Waals surface area contributed by atoms with Gasteiger partial charge in [-0.1, -0.05) is 18.2 Å². The van der Waals surface area contributed by atoms with Crippen LogP contribution in [-0.2, 0) is 14.3 Å². The molecule has 1 N–H and O–H groups in total. The van der Waals surface area contributed by atoms with Gasteiger partial charge in [0.15, 0.2) is 0 Å². The van der Waals surface area contributed by atoms with Gasteiger partial charge in [0.1, 0.15) is 5.78 Å². The van der Waals surface area contributed by atoms with Crippen LogP contribution in [-0.4, -0.2) is 23.3 Å². The highest BCUT2D eigenvalue weighted by Gasteiger charge is 2.35. The highest BCUT2D eigenvalue weighted by molar-refractivity contribution is 5.94. The number of ketones is 1. The standard InChI is InChI=1S/C17H19NO3/c1-2-21-17(20)11-7-8-16(19)13(9-11)14-10-18-15-6-4-3-5-12(14)15/h3-6,10-11,13,18H,2,7-9H2,1H3. The molecule has 0 amide bonds. The number of nitrogens with one attached hydrogen (secondary N) is 1. The van der Waals surface area contributed by atoms with Gasteiger partial charge >= 0.3 is 5.97 Å². The van der Waals surface area contributed by atoms with Crippen LogP contribution in [0.3, 0.4) is 0 Å². The third kappa shape index (κ3) is 2.58. The van der Waals surface area contributed by atoms with Crippen molar-refractivity contribution >= 4 is 22.7 Å². The molecule has 110 valence electrons. The quantitative estimate of drug-likeness (QED) is 0.881. The van der Waals surface area contributed by atoms with Crippen LogP contribution in [0, 0.1) is 5.92 Å². The summed E-state index contributed by atoms with van der Waals surface area (Å²) >= 11 is 0. The summed E-state index contributed by atoms with van der Waals surface area (Å²) in [5.74, 6) is -0.319. The van der Waals surface area contributed by atoms with Crippen molar-refractivity contribution in [3.05, 3.63) is 36.0 Å².